The molecule has 0 aliphatic heterocycles. The van der Waals surface area contributed by atoms with E-state index in [1.54, 1.807) is 6.08 Å². The van der Waals surface area contributed by atoms with Crippen LogP contribution >= 0.6 is 11.3 Å². The van der Waals surface area contributed by atoms with Gasteiger partial charge in [0.25, 0.3) is 5.69 Å². The third-order valence-electron chi connectivity index (χ3n) is 2.60. The maximum Gasteiger partial charge on any atom is 0.273 e. The molecule has 0 spiro atoms. The van der Waals surface area contributed by atoms with Crippen LogP contribution in [0.4, 0.5) is 11.4 Å². The molecule has 1 N–H and O–H groups in total. The van der Waals surface area contributed by atoms with E-state index in [0.717, 1.165) is 4.88 Å². The summed E-state index contributed by atoms with van der Waals surface area (Å²) in [5, 5.41) is 15.2. The smallest absolute Gasteiger partial charge is 0.273 e. The zero-order valence-corrected chi connectivity index (χ0v) is 11.9. The molecule has 0 bridgehead atoms. The number of ether oxygens (including phenoxy) is 1. The van der Waals surface area contributed by atoms with E-state index in [2.05, 4.69) is 5.32 Å². The van der Waals surface area contributed by atoms with Gasteiger partial charge in [0.05, 0.1) is 23.8 Å². The van der Waals surface area contributed by atoms with Gasteiger partial charge in [0.15, 0.2) is 0 Å². The first-order valence-electron chi connectivity index (χ1n) is 5.95. The fourth-order valence-corrected chi connectivity index (χ4v) is 2.23. The highest BCUT2D eigenvalue weighted by atomic mass is 32.1. The molecule has 1 heterocycles. The van der Waals surface area contributed by atoms with Crippen LogP contribution in [-0.4, -0.2) is 17.9 Å². The standard InChI is InChI=1S/C14H12N2O4S/c1-20-13-9-10(16(18)19)4-6-12(13)15-14(17)7-5-11-3-2-8-21-11/h2-9H,1H3,(H,15,17). The van der Waals surface area contributed by atoms with Crippen LogP contribution in [-0.2, 0) is 4.79 Å². The molecule has 108 valence electrons. The van der Waals surface area contributed by atoms with Crippen LogP contribution < -0.4 is 10.1 Å². The fourth-order valence-electron chi connectivity index (χ4n) is 1.62. The molecule has 0 atom stereocenters. The summed E-state index contributed by atoms with van der Waals surface area (Å²) in [6, 6.07) is 7.79. The molecule has 2 aromatic rings. The Morgan fingerprint density at radius 2 is 2.24 bits per heavy atom. The molecular formula is C14H12N2O4S. The summed E-state index contributed by atoms with van der Waals surface area (Å²) in [6.07, 6.45) is 3.09. The Hall–Kier alpha value is -2.67. The van der Waals surface area contributed by atoms with Crippen LogP contribution in [0.1, 0.15) is 4.88 Å². The lowest BCUT2D eigenvalue weighted by Gasteiger charge is -2.08. The number of benzene rings is 1. The van der Waals surface area contributed by atoms with Gasteiger partial charge in [0.2, 0.25) is 5.91 Å². The minimum atomic E-state index is -0.523. The van der Waals surface area contributed by atoms with Crippen LogP contribution in [0.25, 0.3) is 6.08 Å². The molecule has 0 radical (unpaired) electrons. The molecule has 1 aromatic heterocycles. The summed E-state index contributed by atoms with van der Waals surface area (Å²) < 4.78 is 5.05. The lowest BCUT2D eigenvalue weighted by atomic mass is 10.2. The summed E-state index contributed by atoms with van der Waals surface area (Å²) in [5.41, 5.74) is 0.280. The average Bonchev–Trinajstić information content (AvgIpc) is 2.98. The van der Waals surface area contributed by atoms with E-state index >= 15 is 0 Å². The molecule has 0 unspecified atom stereocenters. The third-order valence-corrected chi connectivity index (χ3v) is 3.43. The van der Waals surface area contributed by atoms with Gasteiger partial charge >= 0.3 is 0 Å². The Labute approximate surface area is 124 Å². The number of hydrogen-bond donors (Lipinski definition) is 1. The van der Waals surface area contributed by atoms with Crippen LogP contribution in [0, 0.1) is 10.1 Å². The van der Waals surface area contributed by atoms with Crippen molar-refractivity contribution in [2.75, 3.05) is 12.4 Å². The highest BCUT2D eigenvalue weighted by molar-refractivity contribution is 7.10. The van der Waals surface area contributed by atoms with Gasteiger partial charge in [-0.25, -0.2) is 0 Å². The number of hydrogen-bond acceptors (Lipinski definition) is 5. The van der Waals surface area contributed by atoms with E-state index in [-0.39, 0.29) is 17.3 Å². The van der Waals surface area contributed by atoms with Gasteiger partial charge in [0.1, 0.15) is 5.75 Å². The Kier molecular flexibility index (Phi) is 4.68. The lowest BCUT2D eigenvalue weighted by Crippen LogP contribution is -2.09. The number of carbonyl (C=O) groups excluding carboxylic acids is 1. The van der Waals surface area contributed by atoms with E-state index in [1.165, 1.54) is 42.7 Å². The quantitative estimate of drug-likeness (QED) is 0.522. The number of non-ortho nitro benzene ring substituents is 1. The van der Waals surface area contributed by atoms with Crippen molar-refractivity contribution in [3.63, 3.8) is 0 Å². The SMILES string of the molecule is COc1cc([N+](=O)[O-])ccc1NC(=O)C=Cc1cccs1. The normalized spacial score (nSPS) is 10.5. The van der Waals surface area contributed by atoms with E-state index in [4.69, 9.17) is 4.74 Å². The molecule has 0 aliphatic carbocycles. The van der Waals surface area contributed by atoms with E-state index in [9.17, 15) is 14.9 Å². The van der Waals surface area contributed by atoms with Crippen molar-refractivity contribution < 1.29 is 14.5 Å². The average molecular weight is 304 g/mol. The largest absolute Gasteiger partial charge is 0.494 e. The maximum atomic E-state index is 11.8. The van der Waals surface area contributed by atoms with E-state index in [1.807, 2.05) is 17.5 Å². The van der Waals surface area contributed by atoms with Crippen molar-refractivity contribution in [3.05, 3.63) is 56.8 Å². The van der Waals surface area contributed by atoms with Gasteiger partial charge < -0.3 is 10.1 Å². The van der Waals surface area contributed by atoms with Crippen molar-refractivity contribution in [2.24, 2.45) is 0 Å². The summed E-state index contributed by atoms with van der Waals surface area (Å²) >= 11 is 1.52. The number of thiophene rings is 1. The highest BCUT2D eigenvalue weighted by Crippen LogP contribution is 2.28. The number of rotatable bonds is 5. The van der Waals surface area contributed by atoms with Crippen LogP contribution in [0.5, 0.6) is 5.75 Å². The third kappa shape index (κ3) is 3.90. The number of carbonyl (C=O) groups is 1. The molecule has 2 rings (SSSR count). The molecule has 0 aliphatic rings. The fraction of sp³-hybridized carbons (Fsp3) is 0.0714. The maximum absolute atomic E-state index is 11.8. The van der Waals surface area contributed by atoms with Crippen molar-refractivity contribution >= 4 is 34.7 Å². The monoisotopic (exact) mass is 304 g/mol. The second kappa shape index (κ2) is 6.67. The number of nitrogens with zero attached hydrogens (tertiary/aromatic N) is 1. The van der Waals surface area contributed by atoms with E-state index in [0.29, 0.717) is 5.69 Å². The van der Waals surface area contributed by atoms with Crippen LogP contribution in [0.15, 0.2) is 41.8 Å². The van der Waals surface area contributed by atoms with Crippen molar-refractivity contribution in [1.29, 1.82) is 0 Å². The number of methoxy groups -OCH3 is 1. The molecule has 21 heavy (non-hydrogen) atoms. The van der Waals surface area contributed by atoms with Gasteiger partial charge in [-0.05, 0) is 23.6 Å². The number of amides is 1. The topological polar surface area (TPSA) is 81.5 Å². The Morgan fingerprint density at radius 3 is 2.86 bits per heavy atom. The molecule has 0 saturated carbocycles. The number of anilines is 1. The predicted octanol–water partition coefficient (Wildman–Crippen LogP) is 3.32. The van der Waals surface area contributed by atoms with Gasteiger partial charge in [-0.3, -0.25) is 14.9 Å². The van der Waals surface area contributed by atoms with Crippen molar-refractivity contribution in [1.82, 2.24) is 0 Å². The highest BCUT2D eigenvalue weighted by Gasteiger charge is 2.12. The molecular weight excluding hydrogens is 292 g/mol. The first kappa shape index (κ1) is 14.7. The van der Waals surface area contributed by atoms with Crippen LogP contribution in [0.3, 0.4) is 0 Å². The van der Waals surface area contributed by atoms with Gasteiger partial charge in [-0.2, -0.15) is 0 Å². The first-order chi connectivity index (χ1) is 10.1. The van der Waals surface area contributed by atoms with Crippen LogP contribution in [0.2, 0.25) is 0 Å². The molecule has 7 heteroatoms. The molecule has 6 nitrogen and oxygen atoms in total. The number of nitro benzene ring substituents is 1. The second-order valence-electron chi connectivity index (χ2n) is 3.98. The zero-order chi connectivity index (χ0) is 15.2. The zero-order valence-electron chi connectivity index (χ0n) is 11.1. The minimum absolute atomic E-state index is 0.0982. The summed E-state index contributed by atoms with van der Waals surface area (Å²) in [7, 11) is 1.39. The second-order valence-corrected chi connectivity index (χ2v) is 4.96. The summed E-state index contributed by atoms with van der Waals surface area (Å²) in [6.45, 7) is 0. The molecule has 1 amide bonds. The Bertz CT molecular complexity index is 680. The summed E-state index contributed by atoms with van der Waals surface area (Å²) in [5.74, 6) is -0.0994. The van der Waals surface area contributed by atoms with Crippen molar-refractivity contribution in [3.8, 4) is 5.75 Å². The number of nitro groups is 1. The van der Waals surface area contributed by atoms with Gasteiger partial charge in [0, 0.05) is 17.0 Å². The summed E-state index contributed by atoms with van der Waals surface area (Å²) in [4.78, 5) is 22.9. The Balaban J connectivity index is 2.11. The lowest BCUT2D eigenvalue weighted by molar-refractivity contribution is -0.384. The molecule has 0 saturated heterocycles. The predicted molar refractivity (Wildman–Crippen MR) is 81.6 cm³/mol. The number of nitrogens with one attached hydrogen (secondary N) is 1. The van der Waals surface area contributed by atoms with E-state index < -0.39 is 4.92 Å². The molecule has 0 fully saturated rings. The van der Waals surface area contributed by atoms with Crippen molar-refractivity contribution in [2.45, 2.75) is 0 Å². The first-order valence-corrected chi connectivity index (χ1v) is 6.83. The van der Waals surface area contributed by atoms with Gasteiger partial charge in [-0.15, -0.1) is 11.3 Å². The minimum Gasteiger partial charge on any atom is -0.494 e. The van der Waals surface area contributed by atoms with Gasteiger partial charge in [-0.1, -0.05) is 6.07 Å². The molecule has 1 aromatic carbocycles. The Morgan fingerprint density at radius 1 is 1.43 bits per heavy atom.